The Morgan fingerprint density at radius 2 is 2.00 bits per heavy atom. The maximum absolute atomic E-state index is 10.2. The van der Waals surface area contributed by atoms with E-state index >= 15 is 0 Å². The molecule has 0 aliphatic rings. The van der Waals surface area contributed by atoms with Crippen LogP contribution >= 0.6 is 11.3 Å². The maximum atomic E-state index is 10.2. The molecule has 2 N–H and O–H groups in total. The van der Waals surface area contributed by atoms with Gasteiger partial charge in [-0.1, -0.05) is 30.3 Å². The number of aliphatic hydroxyl groups excluding tert-OH is 1. The van der Waals surface area contributed by atoms with E-state index in [2.05, 4.69) is 32.8 Å². The molecule has 1 aromatic carbocycles. The van der Waals surface area contributed by atoms with Gasteiger partial charge in [-0.25, -0.2) is 9.97 Å². The van der Waals surface area contributed by atoms with E-state index in [1.165, 1.54) is 6.33 Å². The van der Waals surface area contributed by atoms with Gasteiger partial charge in [-0.2, -0.15) is 0 Å². The van der Waals surface area contributed by atoms with Crippen LogP contribution in [0.1, 0.15) is 11.9 Å². The van der Waals surface area contributed by atoms with Crippen LogP contribution in [-0.2, 0) is 0 Å². The average molecular weight is 337 g/mol. The van der Waals surface area contributed by atoms with Gasteiger partial charge in [0.1, 0.15) is 28.8 Å². The second kappa shape index (κ2) is 6.43. The van der Waals surface area contributed by atoms with Crippen LogP contribution in [0, 0.1) is 0 Å². The Balaban J connectivity index is 1.67. The van der Waals surface area contributed by atoms with Crippen molar-refractivity contribution in [3.63, 3.8) is 0 Å². The molecule has 6 heteroatoms. The molecule has 0 aliphatic carbocycles. The standard InChI is InChI=1S/C18H15N3O2S/c22-14(15-7-4-8-23-15)9-19-17-16-13(12-5-2-1-3-6-12)10-24-18(16)21-11-20-17/h1-8,10-11,14,22H,9H2,(H,19,20,21)/t14-/m1/s1. The van der Waals surface area contributed by atoms with Crippen molar-refractivity contribution >= 4 is 27.4 Å². The first-order valence-corrected chi connectivity index (χ1v) is 8.44. The maximum Gasteiger partial charge on any atom is 0.138 e. The minimum atomic E-state index is -0.733. The number of anilines is 1. The second-order valence-corrected chi connectivity index (χ2v) is 6.19. The van der Waals surface area contributed by atoms with E-state index in [0.29, 0.717) is 18.1 Å². The summed E-state index contributed by atoms with van der Waals surface area (Å²) in [6.07, 6.45) is 2.35. The largest absolute Gasteiger partial charge is 0.467 e. The third-order valence-electron chi connectivity index (χ3n) is 3.79. The van der Waals surface area contributed by atoms with E-state index in [1.807, 2.05) is 18.2 Å². The number of thiophene rings is 1. The summed E-state index contributed by atoms with van der Waals surface area (Å²) in [5.74, 6) is 1.24. The number of fused-ring (bicyclic) bond motifs is 1. The van der Waals surface area contributed by atoms with Crippen molar-refractivity contribution in [3.05, 3.63) is 66.2 Å². The number of rotatable bonds is 5. The van der Waals surface area contributed by atoms with Crippen LogP contribution in [-0.4, -0.2) is 21.6 Å². The fraction of sp³-hybridized carbons (Fsp3) is 0.111. The summed E-state index contributed by atoms with van der Waals surface area (Å²) in [6.45, 7) is 0.309. The summed E-state index contributed by atoms with van der Waals surface area (Å²) < 4.78 is 5.23. The molecule has 24 heavy (non-hydrogen) atoms. The van der Waals surface area contributed by atoms with Gasteiger partial charge in [-0.3, -0.25) is 0 Å². The Kier molecular flexibility index (Phi) is 3.98. The predicted octanol–water partition coefficient (Wildman–Crippen LogP) is 4.10. The first-order valence-electron chi connectivity index (χ1n) is 7.56. The summed E-state index contributed by atoms with van der Waals surface area (Å²) in [5.41, 5.74) is 2.21. The number of hydrogen-bond acceptors (Lipinski definition) is 6. The Bertz CT molecular complexity index is 935. The minimum absolute atomic E-state index is 0.309. The van der Waals surface area contributed by atoms with E-state index in [-0.39, 0.29) is 0 Å². The Morgan fingerprint density at radius 1 is 1.12 bits per heavy atom. The van der Waals surface area contributed by atoms with Gasteiger partial charge in [0.2, 0.25) is 0 Å². The number of nitrogens with one attached hydrogen (secondary N) is 1. The molecule has 120 valence electrons. The molecule has 0 aliphatic heterocycles. The molecule has 3 aromatic heterocycles. The molecule has 0 unspecified atom stereocenters. The Labute approximate surface area is 142 Å². The van der Waals surface area contributed by atoms with Crippen molar-refractivity contribution < 1.29 is 9.52 Å². The van der Waals surface area contributed by atoms with E-state index < -0.39 is 6.10 Å². The van der Waals surface area contributed by atoms with Crippen molar-refractivity contribution in [2.45, 2.75) is 6.10 Å². The predicted molar refractivity (Wildman–Crippen MR) is 95.0 cm³/mol. The number of nitrogens with zero attached hydrogens (tertiary/aromatic N) is 2. The molecule has 0 spiro atoms. The van der Waals surface area contributed by atoms with E-state index in [0.717, 1.165) is 21.3 Å². The van der Waals surface area contributed by atoms with Crippen LogP contribution in [0.15, 0.2) is 64.9 Å². The minimum Gasteiger partial charge on any atom is -0.467 e. The van der Waals surface area contributed by atoms with Gasteiger partial charge in [0, 0.05) is 17.5 Å². The SMILES string of the molecule is O[C@H](CNc1ncnc2scc(-c3ccccc3)c12)c1ccco1. The molecule has 1 atom stereocenters. The van der Waals surface area contributed by atoms with Gasteiger partial charge in [0.15, 0.2) is 0 Å². The topological polar surface area (TPSA) is 71.2 Å². The monoisotopic (exact) mass is 337 g/mol. The normalized spacial score (nSPS) is 12.4. The van der Waals surface area contributed by atoms with Gasteiger partial charge in [-0.05, 0) is 17.7 Å². The van der Waals surface area contributed by atoms with Gasteiger partial charge in [-0.15, -0.1) is 11.3 Å². The number of aliphatic hydroxyl groups is 1. The summed E-state index contributed by atoms with van der Waals surface area (Å²) >= 11 is 1.58. The lowest BCUT2D eigenvalue weighted by Gasteiger charge is -2.11. The van der Waals surface area contributed by atoms with Crippen molar-refractivity contribution in [1.29, 1.82) is 0 Å². The average Bonchev–Trinajstić information content (AvgIpc) is 3.30. The third kappa shape index (κ3) is 2.77. The Hall–Kier alpha value is -2.70. The molecule has 0 saturated carbocycles. The summed E-state index contributed by atoms with van der Waals surface area (Å²) in [6, 6.07) is 13.7. The second-order valence-electron chi connectivity index (χ2n) is 5.33. The van der Waals surface area contributed by atoms with Crippen LogP contribution in [0.3, 0.4) is 0 Å². The number of furan rings is 1. The zero-order chi connectivity index (χ0) is 16.4. The molecule has 3 heterocycles. The van der Waals surface area contributed by atoms with Gasteiger partial charge < -0.3 is 14.8 Å². The lowest BCUT2D eigenvalue weighted by atomic mass is 10.1. The van der Waals surface area contributed by atoms with Crippen LogP contribution in [0.2, 0.25) is 0 Å². The zero-order valence-corrected chi connectivity index (χ0v) is 13.5. The smallest absolute Gasteiger partial charge is 0.138 e. The van der Waals surface area contributed by atoms with Crippen molar-refractivity contribution in [2.75, 3.05) is 11.9 Å². The highest BCUT2D eigenvalue weighted by molar-refractivity contribution is 7.17. The van der Waals surface area contributed by atoms with Crippen LogP contribution in [0.5, 0.6) is 0 Å². The first kappa shape index (κ1) is 14.9. The third-order valence-corrected chi connectivity index (χ3v) is 4.68. The fourth-order valence-corrected chi connectivity index (χ4v) is 3.53. The van der Waals surface area contributed by atoms with Crippen molar-refractivity contribution in [2.24, 2.45) is 0 Å². The number of hydrogen-bond donors (Lipinski definition) is 2. The molecule has 0 amide bonds. The lowest BCUT2D eigenvalue weighted by Crippen LogP contribution is -2.12. The number of aromatic nitrogens is 2. The molecule has 4 rings (SSSR count). The highest BCUT2D eigenvalue weighted by atomic mass is 32.1. The molecule has 5 nitrogen and oxygen atoms in total. The van der Waals surface area contributed by atoms with Crippen LogP contribution in [0.25, 0.3) is 21.3 Å². The summed E-state index contributed by atoms with van der Waals surface area (Å²) in [4.78, 5) is 9.63. The summed E-state index contributed by atoms with van der Waals surface area (Å²) in [7, 11) is 0. The van der Waals surface area contributed by atoms with Crippen LogP contribution in [0.4, 0.5) is 5.82 Å². The van der Waals surface area contributed by atoms with Gasteiger partial charge >= 0.3 is 0 Å². The molecule has 0 radical (unpaired) electrons. The zero-order valence-electron chi connectivity index (χ0n) is 12.7. The highest BCUT2D eigenvalue weighted by Crippen LogP contribution is 2.36. The summed E-state index contributed by atoms with van der Waals surface area (Å²) in [5, 5.41) is 16.5. The van der Waals surface area contributed by atoms with Crippen molar-refractivity contribution in [3.8, 4) is 11.1 Å². The van der Waals surface area contributed by atoms with Crippen LogP contribution < -0.4 is 5.32 Å². The van der Waals surface area contributed by atoms with Gasteiger partial charge in [0.25, 0.3) is 0 Å². The van der Waals surface area contributed by atoms with E-state index in [1.54, 1.807) is 29.7 Å². The Morgan fingerprint density at radius 3 is 2.79 bits per heavy atom. The molecule has 0 fully saturated rings. The number of benzene rings is 1. The molecule has 0 bridgehead atoms. The van der Waals surface area contributed by atoms with E-state index in [9.17, 15) is 5.11 Å². The first-order chi connectivity index (χ1) is 11.8. The molecular weight excluding hydrogens is 322 g/mol. The fourth-order valence-electron chi connectivity index (χ4n) is 2.61. The van der Waals surface area contributed by atoms with Gasteiger partial charge in [0.05, 0.1) is 11.6 Å². The quantitative estimate of drug-likeness (QED) is 0.574. The van der Waals surface area contributed by atoms with E-state index in [4.69, 9.17) is 4.42 Å². The highest BCUT2D eigenvalue weighted by Gasteiger charge is 2.15. The lowest BCUT2D eigenvalue weighted by molar-refractivity contribution is 0.162. The molecule has 4 aromatic rings. The molecule has 0 saturated heterocycles. The van der Waals surface area contributed by atoms with Crippen molar-refractivity contribution in [1.82, 2.24) is 9.97 Å². The molecular formula is C18H15N3O2S.